The number of hydrogen-bond acceptors (Lipinski definition) is 3. The molecule has 2 heterocycles. The van der Waals surface area contributed by atoms with Crippen molar-refractivity contribution in [2.24, 2.45) is 0 Å². The second-order valence-corrected chi connectivity index (χ2v) is 15.7. The van der Waals surface area contributed by atoms with Crippen LogP contribution in [0, 0.1) is 0 Å². The Morgan fingerprint density at radius 1 is 0.426 bits per heavy atom. The van der Waals surface area contributed by atoms with Gasteiger partial charge in [0.1, 0.15) is 23.4 Å². The topological polar surface area (TPSA) is 34.3 Å². The van der Waals surface area contributed by atoms with Gasteiger partial charge in [0.05, 0.1) is 13.2 Å². The Balaban J connectivity index is 1.52. The van der Waals surface area contributed by atoms with Gasteiger partial charge in [0.25, 0.3) is 0 Å². The van der Waals surface area contributed by atoms with Gasteiger partial charge in [-0.15, -0.1) is 0 Å². The van der Waals surface area contributed by atoms with E-state index in [1.807, 2.05) is 0 Å². The zero-order chi connectivity index (χ0) is 33.7. The quantitative estimate of drug-likeness (QED) is 0.0382. The van der Waals surface area contributed by atoms with Crippen LogP contribution in [0.3, 0.4) is 0 Å². The average molecular weight is 659 g/mol. The minimum atomic E-state index is -0.393. The fraction of sp³-hybridized carbons (Fsp3) is 0.909. The van der Waals surface area contributed by atoms with E-state index in [0.717, 1.165) is 26.1 Å². The van der Waals surface area contributed by atoms with Gasteiger partial charge in [-0.1, -0.05) is 205 Å². The highest BCUT2D eigenvalue weighted by Gasteiger charge is 2.51. The molecule has 0 aromatic carbocycles. The van der Waals surface area contributed by atoms with E-state index in [1.165, 1.54) is 180 Å². The van der Waals surface area contributed by atoms with Gasteiger partial charge in [0.2, 0.25) is 0 Å². The van der Waals surface area contributed by atoms with Crippen LogP contribution in [-0.2, 0) is 14.2 Å². The molecule has 0 aliphatic carbocycles. The highest BCUT2D eigenvalue weighted by Crippen LogP contribution is 2.39. The Bertz CT molecular complexity index is 691. The number of unbranched alkanes of at least 4 members (excludes halogenated alkanes) is 28. The molecular weight excluding hydrogens is 576 g/mol. The summed E-state index contributed by atoms with van der Waals surface area (Å²) in [5.41, 5.74) is -0.786. The minimum Gasteiger partial charge on any atom is -0.370 e. The Hall–Kier alpha value is -0.640. The van der Waals surface area contributed by atoms with Crippen molar-refractivity contribution in [1.82, 2.24) is 0 Å². The summed E-state index contributed by atoms with van der Waals surface area (Å²) in [6.45, 7) is 10.6. The molecule has 47 heavy (non-hydrogen) atoms. The molecule has 0 aromatic heterocycles. The van der Waals surface area contributed by atoms with Crippen LogP contribution in [0.2, 0.25) is 0 Å². The van der Waals surface area contributed by atoms with Crippen molar-refractivity contribution in [2.45, 2.75) is 244 Å². The molecule has 2 rings (SSSR count). The summed E-state index contributed by atoms with van der Waals surface area (Å²) < 4.78 is 18.5. The van der Waals surface area contributed by atoms with E-state index >= 15 is 0 Å². The highest BCUT2D eigenvalue weighted by atomic mass is 16.6. The number of allylic oxidation sites excluding steroid dienone is 2. The van der Waals surface area contributed by atoms with Crippen molar-refractivity contribution in [2.75, 3.05) is 13.2 Å². The molecule has 4 atom stereocenters. The van der Waals surface area contributed by atoms with Gasteiger partial charge in [-0.3, -0.25) is 0 Å². The van der Waals surface area contributed by atoms with Crippen LogP contribution in [0.15, 0.2) is 24.3 Å². The Labute approximate surface area is 294 Å². The maximum atomic E-state index is 6.90. The third kappa shape index (κ3) is 22.7. The molecule has 0 N–H and O–H groups in total. The van der Waals surface area contributed by atoms with E-state index in [4.69, 9.17) is 14.2 Å². The number of rotatable bonds is 36. The van der Waals surface area contributed by atoms with Gasteiger partial charge in [0, 0.05) is 0 Å². The van der Waals surface area contributed by atoms with E-state index < -0.39 is 11.2 Å². The smallest absolute Gasteiger partial charge is 0.113 e. The standard InChI is InChI=1S/C44H82O3/c1-5-7-9-11-13-15-17-19-21-23-25-27-29-31-33-35-37-43(3,41-39-45-41)47-44(4,42-40-46-42)38-36-34-32-30-28-26-24-22-20-18-16-14-12-10-8-6-2/h35-38,41-42H,5-34,39-40H2,1-4H3. The van der Waals surface area contributed by atoms with Crippen molar-refractivity contribution in [1.29, 1.82) is 0 Å². The lowest BCUT2D eigenvalue weighted by Crippen LogP contribution is -2.45. The molecule has 0 amide bonds. The molecule has 2 fully saturated rings. The highest BCUT2D eigenvalue weighted by molar-refractivity contribution is 5.15. The molecule has 2 aliphatic heterocycles. The molecule has 3 nitrogen and oxygen atoms in total. The predicted molar refractivity (Wildman–Crippen MR) is 206 cm³/mol. The van der Waals surface area contributed by atoms with Crippen molar-refractivity contribution < 1.29 is 14.2 Å². The molecule has 276 valence electrons. The largest absolute Gasteiger partial charge is 0.370 e. The summed E-state index contributed by atoms with van der Waals surface area (Å²) in [6, 6.07) is 0. The maximum absolute atomic E-state index is 6.90. The van der Waals surface area contributed by atoms with E-state index in [-0.39, 0.29) is 12.2 Å². The molecular formula is C44H82O3. The summed E-state index contributed by atoms with van der Waals surface area (Å²) in [5.74, 6) is 0. The third-order valence-corrected chi connectivity index (χ3v) is 10.7. The molecule has 2 aliphatic rings. The SMILES string of the molecule is CCCCCCCCCCCCCCCCC=CC(C)(OC(C)(C=CCCCCCCCCCCCCCCCC)C1CO1)C1CO1. The van der Waals surface area contributed by atoms with Gasteiger partial charge in [0.15, 0.2) is 0 Å². The van der Waals surface area contributed by atoms with Gasteiger partial charge in [-0.25, -0.2) is 0 Å². The van der Waals surface area contributed by atoms with Gasteiger partial charge in [-0.05, 0) is 39.5 Å². The summed E-state index contributed by atoms with van der Waals surface area (Å²) in [4.78, 5) is 0. The number of epoxide rings is 2. The molecule has 0 aromatic rings. The molecule has 3 heteroatoms. The van der Waals surface area contributed by atoms with E-state index in [0.29, 0.717) is 0 Å². The Morgan fingerprint density at radius 3 is 0.894 bits per heavy atom. The van der Waals surface area contributed by atoms with E-state index in [9.17, 15) is 0 Å². The average Bonchev–Trinajstić information content (AvgIpc) is 3.97. The molecule has 0 saturated carbocycles. The van der Waals surface area contributed by atoms with E-state index in [1.54, 1.807) is 0 Å². The Morgan fingerprint density at radius 2 is 0.660 bits per heavy atom. The fourth-order valence-corrected chi connectivity index (χ4v) is 7.19. The molecule has 0 spiro atoms. The second-order valence-electron chi connectivity index (χ2n) is 15.7. The third-order valence-electron chi connectivity index (χ3n) is 10.7. The maximum Gasteiger partial charge on any atom is 0.113 e. The van der Waals surface area contributed by atoms with Gasteiger partial charge in [-0.2, -0.15) is 0 Å². The zero-order valence-corrected chi connectivity index (χ0v) is 32.3. The van der Waals surface area contributed by atoms with Crippen LogP contribution >= 0.6 is 0 Å². The lowest BCUT2D eigenvalue weighted by molar-refractivity contribution is -0.111. The first-order valence-electron chi connectivity index (χ1n) is 21.3. The normalized spacial score (nSPS) is 20.3. The van der Waals surface area contributed by atoms with Crippen LogP contribution in [0.25, 0.3) is 0 Å². The first kappa shape index (κ1) is 42.5. The van der Waals surface area contributed by atoms with E-state index in [2.05, 4.69) is 52.0 Å². The van der Waals surface area contributed by atoms with Crippen LogP contribution in [-0.4, -0.2) is 36.6 Å². The lowest BCUT2D eigenvalue weighted by Gasteiger charge is -2.36. The number of ether oxygens (including phenoxy) is 3. The first-order valence-corrected chi connectivity index (χ1v) is 21.3. The van der Waals surface area contributed by atoms with Crippen molar-refractivity contribution in [3.05, 3.63) is 24.3 Å². The second kappa shape index (κ2) is 28.1. The number of hydrogen-bond donors (Lipinski definition) is 0. The summed E-state index contributed by atoms with van der Waals surface area (Å²) >= 11 is 0. The Kier molecular flexibility index (Phi) is 25.4. The van der Waals surface area contributed by atoms with Gasteiger partial charge >= 0.3 is 0 Å². The van der Waals surface area contributed by atoms with Gasteiger partial charge < -0.3 is 14.2 Å². The summed E-state index contributed by atoms with van der Waals surface area (Å²) in [5, 5.41) is 0. The molecule has 0 bridgehead atoms. The fourth-order valence-electron chi connectivity index (χ4n) is 7.19. The summed E-state index contributed by atoms with van der Waals surface area (Å²) in [6.07, 6.45) is 51.3. The van der Waals surface area contributed by atoms with Crippen LogP contribution < -0.4 is 0 Å². The van der Waals surface area contributed by atoms with Crippen molar-refractivity contribution in [3.8, 4) is 0 Å². The minimum absolute atomic E-state index is 0.160. The molecule has 2 saturated heterocycles. The van der Waals surface area contributed by atoms with Crippen LogP contribution in [0.1, 0.15) is 220 Å². The van der Waals surface area contributed by atoms with Crippen molar-refractivity contribution in [3.63, 3.8) is 0 Å². The molecule has 4 unspecified atom stereocenters. The molecule has 0 radical (unpaired) electrons. The van der Waals surface area contributed by atoms with Crippen LogP contribution in [0.4, 0.5) is 0 Å². The summed E-state index contributed by atoms with van der Waals surface area (Å²) in [7, 11) is 0. The van der Waals surface area contributed by atoms with Crippen LogP contribution in [0.5, 0.6) is 0 Å². The monoisotopic (exact) mass is 659 g/mol. The first-order chi connectivity index (χ1) is 23.0. The lowest BCUT2D eigenvalue weighted by atomic mass is 9.95. The van der Waals surface area contributed by atoms with Crippen molar-refractivity contribution >= 4 is 0 Å². The zero-order valence-electron chi connectivity index (χ0n) is 32.3. The predicted octanol–water partition coefficient (Wildman–Crippen LogP) is 14.2.